The van der Waals surface area contributed by atoms with Crippen LogP contribution in [0.15, 0.2) is 30.5 Å². The third kappa shape index (κ3) is 3.06. The number of rotatable bonds is 3. The summed E-state index contributed by atoms with van der Waals surface area (Å²) < 4.78 is 4.68. The summed E-state index contributed by atoms with van der Waals surface area (Å²) >= 11 is 0. The molecule has 1 atom stereocenters. The number of ether oxygens (including phenoxy) is 1. The highest BCUT2D eigenvalue weighted by molar-refractivity contribution is 5.89. The van der Waals surface area contributed by atoms with Crippen LogP contribution < -0.4 is 5.32 Å². The topological polar surface area (TPSA) is 51.2 Å². The van der Waals surface area contributed by atoms with Crippen molar-refractivity contribution in [2.45, 2.75) is 25.3 Å². The Hall–Kier alpha value is -1.84. The van der Waals surface area contributed by atoms with E-state index in [-0.39, 0.29) is 5.97 Å². The third-order valence-corrected chi connectivity index (χ3v) is 2.80. The summed E-state index contributed by atoms with van der Waals surface area (Å²) in [6.07, 6.45) is 9.17. The summed E-state index contributed by atoms with van der Waals surface area (Å²) in [5.41, 5.74) is 0.524. The van der Waals surface area contributed by atoms with E-state index in [0.717, 1.165) is 25.1 Å². The minimum atomic E-state index is -0.334. The molecule has 1 N–H and O–H groups in total. The van der Waals surface area contributed by atoms with Gasteiger partial charge in [0.2, 0.25) is 0 Å². The van der Waals surface area contributed by atoms with Crippen molar-refractivity contribution in [1.82, 2.24) is 4.98 Å². The molecule has 2 rings (SSSR count). The van der Waals surface area contributed by atoms with Crippen LogP contribution in [0.1, 0.15) is 29.6 Å². The number of aromatic nitrogens is 1. The number of nitrogens with zero attached hydrogens (tertiary/aromatic N) is 1. The molecule has 0 spiro atoms. The number of methoxy groups -OCH3 is 1. The molecule has 17 heavy (non-hydrogen) atoms. The quantitative estimate of drug-likeness (QED) is 0.642. The van der Waals surface area contributed by atoms with Crippen molar-refractivity contribution in [2.24, 2.45) is 0 Å². The molecule has 1 heterocycles. The Bertz CT molecular complexity index is 429. The summed E-state index contributed by atoms with van der Waals surface area (Å²) in [4.78, 5) is 15.6. The molecule has 0 aliphatic heterocycles. The van der Waals surface area contributed by atoms with Crippen LogP contribution in [-0.2, 0) is 4.74 Å². The predicted molar refractivity (Wildman–Crippen MR) is 66.0 cm³/mol. The molecule has 0 amide bonds. The zero-order valence-corrected chi connectivity index (χ0v) is 9.85. The van der Waals surface area contributed by atoms with Crippen LogP contribution in [-0.4, -0.2) is 24.1 Å². The fourth-order valence-electron chi connectivity index (χ4n) is 1.89. The monoisotopic (exact) mass is 232 g/mol. The molecule has 4 heteroatoms. The molecule has 1 unspecified atom stereocenters. The molecule has 0 bridgehead atoms. The summed E-state index contributed by atoms with van der Waals surface area (Å²) in [6.45, 7) is 0. The van der Waals surface area contributed by atoms with Gasteiger partial charge in [-0.3, -0.25) is 0 Å². The standard InChI is InChI=1S/C13H16N2O2/c1-17-13(16)10-7-8-14-12(9-10)15-11-5-3-2-4-6-11/h2-3,7-9,11H,4-6H2,1H3,(H,14,15). The lowest BCUT2D eigenvalue weighted by Crippen LogP contribution is -2.21. The van der Waals surface area contributed by atoms with Crippen LogP contribution in [0.4, 0.5) is 5.82 Å². The van der Waals surface area contributed by atoms with Crippen LogP contribution in [0, 0.1) is 0 Å². The Labute approximate surface area is 101 Å². The van der Waals surface area contributed by atoms with Gasteiger partial charge in [-0.2, -0.15) is 0 Å². The van der Waals surface area contributed by atoms with E-state index in [9.17, 15) is 4.79 Å². The summed E-state index contributed by atoms with van der Waals surface area (Å²) in [7, 11) is 1.38. The number of esters is 1. The van der Waals surface area contributed by atoms with Crippen LogP contribution in [0.3, 0.4) is 0 Å². The van der Waals surface area contributed by atoms with Crippen molar-refractivity contribution < 1.29 is 9.53 Å². The maximum absolute atomic E-state index is 11.4. The zero-order chi connectivity index (χ0) is 12.1. The van der Waals surface area contributed by atoms with Crippen molar-refractivity contribution in [2.75, 3.05) is 12.4 Å². The number of nitrogens with one attached hydrogen (secondary N) is 1. The molecule has 0 saturated heterocycles. The highest BCUT2D eigenvalue weighted by Gasteiger charge is 2.11. The van der Waals surface area contributed by atoms with Gasteiger partial charge in [0.05, 0.1) is 12.7 Å². The van der Waals surface area contributed by atoms with Gasteiger partial charge in [0.25, 0.3) is 0 Å². The van der Waals surface area contributed by atoms with Crippen LogP contribution >= 0.6 is 0 Å². The van der Waals surface area contributed by atoms with Crippen LogP contribution in [0.25, 0.3) is 0 Å². The van der Waals surface area contributed by atoms with E-state index in [4.69, 9.17) is 0 Å². The van der Waals surface area contributed by atoms with Crippen molar-refractivity contribution in [1.29, 1.82) is 0 Å². The lowest BCUT2D eigenvalue weighted by Gasteiger charge is -2.19. The Kier molecular flexibility index (Phi) is 3.75. The van der Waals surface area contributed by atoms with Gasteiger partial charge in [0.1, 0.15) is 5.82 Å². The van der Waals surface area contributed by atoms with E-state index in [1.165, 1.54) is 7.11 Å². The average molecular weight is 232 g/mol. The Morgan fingerprint density at radius 1 is 1.53 bits per heavy atom. The number of hydrogen-bond acceptors (Lipinski definition) is 4. The molecule has 90 valence electrons. The van der Waals surface area contributed by atoms with Crippen LogP contribution in [0.2, 0.25) is 0 Å². The van der Waals surface area contributed by atoms with Gasteiger partial charge in [-0.1, -0.05) is 12.2 Å². The first-order valence-electron chi connectivity index (χ1n) is 5.75. The second kappa shape index (κ2) is 5.48. The van der Waals surface area contributed by atoms with Gasteiger partial charge in [0.15, 0.2) is 0 Å². The van der Waals surface area contributed by atoms with Crippen molar-refractivity contribution in [3.05, 3.63) is 36.0 Å². The zero-order valence-electron chi connectivity index (χ0n) is 9.85. The van der Waals surface area contributed by atoms with Gasteiger partial charge >= 0.3 is 5.97 Å². The Balaban J connectivity index is 2.05. The van der Waals surface area contributed by atoms with Gasteiger partial charge in [-0.25, -0.2) is 9.78 Å². The molecule has 1 aromatic rings. The highest BCUT2D eigenvalue weighted by Crippen LogP contribution is 2.16. The normalized spacial score (nSPS) is 18.8. The maximum Gasteiger partial charge on any atom is 0.338 e. The lowest BCUT2D eigenvalue weighted by atomic mass is 10.0. The summed E-state index contributed by atoms with van der Waals surface area (Å²) in [5.74, 6) is 0.396. The lowest BCUT2D eigenvalue weighted by molar-refractivity contribution is 0.0600. The first-order valence-corrected chi connectivity index (χ1v) is 5.75. The summed E-state index contributed by atoms with van der Waals surface area (Å²) in [5, 5.41) is 3.33. The first-order chi connectivity index (χ1) is 8.29. The molecule has 1 aromatic heterocycles. The van der Waals surface area contributed by atoms with E-state index in [1.54, 1.807) is 18.3 Å². The van der Waals surface area contributed by atoms with E-state index < -0.39 is 0 Å². The molecule has 1 aliphatic carbocycles. The predicted octanol–water partition coefficient (Wildman–Crippen LogP) is 2.39. The third-order valence-electron chi connectivity index (χ3n) is 2.80. The van der Waals surface area contributed by atoms with Gasteiger partial charge < -0.3 is 10.1 Å². The molecular weight excluding hydrogens is 216 g/mol. The Morgan fingerprint density at radius 2 is 2.41 bits per heavy atom. The molecule has 0 aromatic carbocycles. The van der Waals surface area contributed by atoms with Crippen LogP contribution in [0.5, 0.6) is 0 Å². The molecule has 4 nitrogen and oxygen atoms in total. The summed E-state index contributed by atoms with van der Waals surface area (Å²) in [6, 6.07) is 3.78. The van der Waals surface area contributed by atoms with Crippen molar-refractivity contribution in [3.63, 3.8) is 0 Å². The number of carbonyl (C=O) groups excluding carboxylic acids is 1. The molecule has 0 fully saturated rings. The maximum atomic E-state index is 11.4. The number of pyridine rings is 1. The van der Waals surface area contributed by atoms with E-state index in [0.29, 0.717) is 11.6 Å². The first kappa shape index (κ1) is 11.6. The fourth-order valence-corrected chi connectivity index (χ4v) is 1.89. The Morgan fingerprint density at radius 3 is 3.12 bits per heavy atom. The largest absolute Gasteiger partial charge is 0.465 e. The number of anilines is 1. The number of carbonyl (C=O) groups is 1. The minimum Gasteiger partial charge on any atom is -0.465 e. The molecule has 0 radical (unpaired) electrons. The number of allylic oxidation sites excluding steroid dienone is 1. The second-order valence-corrected chi connectivity index (χ2v) is 4.05. The van der Waals surface area contributed by atoms with E-state index in [2.05, 4.69) is 27.2 Å². The number of hydrogen-bond donors (Lipinski definition) is 1. The molecule has 1 aliphatic rings. The minimum absolute atomic E-state index is 0.334. The van der Waals surface area contributed by atoms with Gasteiger partial charge in [0, 0.05) is 12.2 Å². The smallest absolute Gasteiger partial charge is 0.338 e. The van der Waals surface area contributed by atoms with E-state index in [1.807, 2.05) is 0 Å². The molecule has 0 saturated carbocycles. The second-order valence-electron chi connectivity index (χ2n) is 4.05. The van der Waals surface area contributed by atoms with Gasteiger partial charge in [-0.05, 0) is 31.4 Å². The van der Waals surface area contributed by atoms with Crippen molar-refractivity contribution >= 4 is 11.8 Å². The van der Waals surface area contributed by atoms with Gasteiger partial charge in [-0.15, -0.1) is 0 Å². The van der Waals surface area contributed by atoms with Crippen molar-refractivity contribution in [3.8, 4) is 0 Å². The molecular formula is C13H16N2O2. The highest BCUT2D eigenvalue weighted by atomic mass is 16.5. The fraction of sp³-hybridized carbons (Fsp3) is 0.385. The van der Waals surface area contributed by atoms with E-state index >= 15 is 0 Å². The SMILES string of the molecule is COC(=O)c1ccnc(NC2CC=CCC2)c1. The average Bonchev–Trinajstić information content (AvgIpc) is 2.39.